The quantitative estimate of drug-likeness (QED) is 0.196. The zero-order valence-corrected chi connectivity index (χ0v) is 19.8. The number of hydrogen-bond acceptors (Lipinski definition) is 3. The molecule has 1 unspecified atom stereocenters. The minimum atomic E-state index is -0.0333. The molecular formula is C19H33ClIN5O. The Bertz CT molecular complexity index is 581. The van der Waals surface area contributed by atoms with Gasteiger partial charge in [-0.15, -0.1) is 24.0 Å². The summed E-state index contributed by atoms with van der Waals surface area (Å²) in [6, 6.07) is 8.07. The molecule has 1 amide bonds. The molecule has 154 valence electrons. The average molecular weight is 510 g/mol. The van der Waals surface area contributed by atoms with Gasteiger partial charge in [-0.2, -0.15) is 0 Å². The van der Waals surface area contributed by atoms with Gasteiger partial charge in [0.1, 0.15) is 0 Å². The minimum Gasteiger partial charge on any atom is -0.357 e. The first-order valence-corrected chi connectivity index (χ1v) is 9.66. The van der Waals surface area contributed by atoms with Crippen molar-refractivity contribution in [3.05, 3.63) is 34.9 Å². The number of amides is 1. The molecule has 0 radical (unpaired) electrons. The number of halogens is 2. The van der Waals surface area contributed by atoms with Crippen LogP contribution < -0.4 is 16.0 Å². The molecule has 3 N–H and O–H groups in total. The smallest absolute Gasteiger partial charge is 0.216 e. The summed E-state index contributed by atoms with van der Waals surface area (Å²) in [5.41, 5.74) is 1.09. The highest BCUT2D eigenvalue weighted by atomic mass is 127. The normalized spacial score (nSPS) is 12.3. The van der Waals surface area contributed by atoms with Crippen molar-refractivity contribution in [1.82, 2.24) is 20.9 Å². The molecule has 0 spiro atoms. The van der Waals surface area contributed by atoms with Crippen LogP contribution in [-0.2, 0) is 4.79 Å². The van der Waals surface area contributed by atoms with Crippen molar-refractivity contribution in [2.45, 2.75) is 33.7 Å². The summed E-state index contributed by atoms with van der Waals surface area (Å²) in [6.45, 7) is 12.2. The standard InChI is InChI=1S/C19H32ClN5O.HI/c1-5-21-19(23-13-12-22-15(4)26)24-14-18(25(6-2)7-3)16-10-8-9-11-17(16)20;/h8-11,18H,5-7,12-14H2,1-4H3,(H,22,26)(H2,21,23,24);1H. The molecule has 0 fully saturated rings. The molecule has 0 heterocycles. The highest BCUT2D eigenvalue weighted by Crippen LogP contribution is 2.27. The second-order valence-electron chi connectivity index (χ2n) is 5.89. The van der Waals surface area contributed by atoms with Crippen LogP contribution in [0.4, 0.5) is 0 Å². The van der Waals surface area contributed by atoms with Gasteiger partial charge < -0.3 is 16.0 Å². The summed E-state index contributed by atoms with van der Waals surface area (Å²) in [6.07, 6.45) is 0. The van der Waals surface area contributed by atoms with Gasteiger partial charge in [-0.3, -0.25) is 14.7 Å². The average Bonchev–Trinajstić information content (AvgIpc) is 2.62. The topological polar surface area (TPSA) is 68.8 Å². The third kappa shape index (κ3) is 9.62. The van der Waals surface area contributed by atoms with E-state index in [9.17, 15) is 4.79 Å². The van der Waals surface area contributed by atoms with E-state index >= 15 is 0 Å². The van der Waals surface area contributed by atoms with Gasteiger partial charge in [0.2, 0.25) is 5.91 Å². The molecule has 1 aromatic carbocycles. The van der Waals surface area contributed by atoms with E-state index in [1.54, 1.807) is 0 Å². The number of benzene rings is 1. The highest BCUT2D eigenvalue weighted by Gasteiger charge is 2.20. The Labute approximate surface area is 185 Å². The number of likely N-dealkylation sites (N-methyl/N-ethyl adjacent to an activating group) is 1. The fraction of sp³-hybridized carbons (Fsp3) is 0.579. The van der Waals surface area contributed by atoms with E-state index < -0.39 is 0 Å². The molecule has 0 aliphatic heterocycles. The number of carbonyl (C=O) groups excluding carboxylic acids is 1. The summed E-state index contributed by atoms with van der Waals surface area (Å²) in [7, 11) is 0. The molecule has 0 aliphatic rings. The van der Waals surface area contributed by atoms with E-state index in [4.69, 9.17) is 16.6 Å². The van der Waals surface area contributed by atoms with E-state index in [0.717, 1.165) is 36.2 Å². The summed E-state index contributed by atoms with van der Waals surface area (Å²) in [4.78, 5) is 18.1. The Hall–Kier alpha value is -1.06. The molecule has 1 aromatic rings. The van der Waals surface area contributed by atoms with Gasteiger partial charge in [0.05, 0.1) is 12.6 Å². The van der Waals surface area contributed by atoms with Gasteiger partial charge in [0.25, 0.3) is 0 Å². The lowest BCUT2D eigenvalue weighted by molar-refractivity contribution is -0.118. The minimum absolute atomic E-state index is 0. The van der Waals surface area contributed by atoms with Crippen molar-refractivity contribution in [3.8, 4) is 0 Å². The van der Waals surface area contributed by atoms with E-state index in [2.05, 4.69) is 40.8 Å². The van der Waals surface area contributed by atoms with Crippen LogP contribution in [0.15, 0.2) is 29.3 Å². The maximum atomic E-state index is 11.0. The second-order valence-corrected chi connectivity index (χ2v) is 6.30. The predicted octanol–water partition coefficient (Wildman–Crippen LogP) is 3.03. The Morgan fingerprint density at radius 1 is 1.11 bits per heavy atom. The molecule has 0 saturated heterocycles. The Balaban J connectivity index is 0.00000676. The van der Waals surface area contributed by atoms with Gasteiger partial charge in [-0.05, 0) is 31.6 Å². The van der Waals surface area contributed by atoms with Crippen LogP contribution in [0.1, 0.15) is 39.3 Å². The largest absolute Gasteiger partial charge is 0.357 e. The van der Waals surface area contributed by atoms with Crippen molar-refractivity contribution in [1.29, 1.82) is 0 Å². The Morgan fingerprint density at radius 3 is 2.30 bits per heavy atom. The monoisotopic (exact) mass is 509 g/mol. The number of nitrogens with one attached hydrogen (secondary N) is 3. The first-order valence-electron chi connectivity index (χ1n) is 9.28. The van der Waals surface area contributed by atoms with Crippen LogP contribution in [0.25, 0.3) is 0 Å². The van der Waals surface area contributed by atoms with Crippen LogP contribution in [0.5, 0.6) is 0 Å². The van der Waals surface area contributed by atoms with E-state index in [0.29, 0.717) is 19.6 Å². The van der Waals surface area contributed by atoms with Crippen LogP contribution in [0.3, 0.4) is 0 Å². The van der Waals surface area contributed by atoms with Crippen molar-refractivity contribution in [3.63, 3.8) is 0 Å². The number of aliphatic imine (C=N–C) groups is 1. The fourth-order valence-electron chi connectivity index (χ4n) is 2.76. The SMILES string of the molecule is CCNC(=NCC(c1ccccc1Cl)N(CC)CC)NCCNC(C)=O.I. The van der Waals surface area contributed by atoms with Crippen molar-refractivity contribution in [2.24, 2.45) is 4.99 Å². The zero-order chi connectivity index (χ0) is 19.4. The molecule has 0 saturated carbocycles. The third-order valence-electron chi connectivity index (χ3n) is 4.08. The first kappa shape index (κ1) is 25.9. The molecule has 27 heavy (non-hydrogen) atoms. The molecular weight excluding hydrogens is 477 g/mol. The van der Waals surface area contributed by atoms with Crippen molar-refractivity contribution in [2.75, 3.05) is 39.3 Å². The molecule has 8 heteroatoms. The predicted molar refractivity (Wildman–Crippen MR) is 125 cm³/mol. The lowest BCUT2D eigenvalue weighted by Crippen LogP contribution is -2.42. The summed E-state index contributed by atoms with van der Waals surface area (Å²) < 4.78 is 0. The maximum absolute atomic E-state index is 11.0. The molecule has 1 rings (SSSR count). The Kier molecular flexibility index (Phi) is 14.3. The van der Waals surface area contributed by atoms with Crippen molar-refractivity contribution < 1.29 is 4.79 Å². The zero-order valence-electron chi connectivity index (χ0n) is 16.7. The fourth-order valence-corrected chi connectivity index (χ4v) is 3.02. The van der Waals surface area contributed by atoms with Gasteiger partial charge >= 0.3 is 0 Å². The molecule has 6 nitrogen and oxygen atoms in total. The highest BCUT2D eigenvalue weighted by molar-refractivity contribution is 14.0. The second kappa shape index (κ2) is 14.9. The van der Waals surface area contributed by atoms with E-state index in [1.807, 2.05) is 25.1 Å². The Morgan fingerprint density at radius 2 is 1.74 bits per heavy atom. The molecule has 0 aromatic heterocycles. The molecule has 0 aliphatic carbocycles. The summed E-state index contributed by atoms with van der Waals surface area (Å²) in [5.74, 6) is 0.705. The van der Waals surface area contributed by atoms with Gasteiger partial charge in [0, 0.05) is 31.6 Å². The number of hydrogen-bond donors (Lipinski definition) is 3. The van der Waals surface area contributed by atoms with Gasteiger partial charge in [0.15, 0.2) is 5.96 Å². The van der Waals surface area contributed by atoms with Crippen LogP contribution in [-0.4, -0.2) is 56.0 Å². The number of guanidine groups is 1. The lowest BCUT2D eigenvalue weighted by atomic mass is 10.1. The van der Waals surface area contributed by atoms with E-state index in [-0.39, 0.29) is 35.9 Å². The van der Waals surface area contributed by atoms with Crippen LogP contribution in [0.2, 0.25) is 5.02 Å². The van der Waals surface area contributed by atoms with Crippen LogP contribution >= 0.6 is 35.6 Å². The van der Waals surface area contributed by atoms with Gasteiger partial charge in [-0.25, -0.2) is 0 Å². The summed E-state index contributed by atoms with van der Waals surface area (Å²) >= 11 is 6.44. The lowest BCUT2D eigenvalue weighted by Gasteiger charge is -2.29. The third-order valence-corrected chi connectivity index (χ3v) is 4.42. The number of carbonyl (C=O) groups is 1. The van der Waals surface area contributed by atoms with Crippen LogP contribution in [0, 0.1) is 0 Å². The summed E-state index contributed by atoms with van der Waals surface area (Å²) in [5, 5.41) is 10.0. The molecule has 0 bridgehead atoms. The van der Waals surface area contributed by atoms with E-state index in [1.165, 1.54) is 6.92 Å². The first-order chi connectivity index (χ1) is 12.5. The maximum Gasteiger partial charge on any atom is 0.216 e. The van der Waals surface area contributed by atoms with Gasteiger partial charge in [-0.1, -0.05) is 43.6 Å². The molecule has 1 atom stereocenters. The number of nitrogens with zero attached hydrogens (tertiary/aromatic N) is 2. The number of rotatable bonds is 10. The van der Waals surface area contributed by atoms with Crippen molar-refractivity contribution >= 4 is 47.4 Å².